The summed E-state index contributed by atoms with van der Waals surface area (Å²) in [5, 5.41) is 11.4. The van der Waals surface area contributed by atoms with E-state index in [0.717, 1.165) is 10.8 Å². The molecule has 0 bridgehead atoms. The number of aromatic amines is 1. The van der Waals surface area contributed by atoms with Crippen molar-refractivity contribution < 1.29 is 14.3 Å². The number of H-pyrrole nitrogens is 1. The Labute approximate surface area is 159 Å². The Morgan fingerprint density at radius 2 is 1.64 bits per heavy atom. The van der Waals surface area contributed by atoms with Gasteiger partial charge >= 0.3 is 5.97 Å². The zero-order valence-electron chi connectivity index (χ0n) is 14.6. The first-order chi connectivity index (χ1) is 13.6. The van der Waals surface area contributed by atoms with Crippen LogP contribution >= 0.6 is 0 Å². The molecule has 0 saturated carbocycles. The van der Waals surface area contributed by atoms with Crippen LogP contribution in [0.3, 0.4) is 0 Å². The van der Waals surface area contributed by atoms with Gasteiger partial charge in [0.05, 0.1) is 5.39 Å². The van der Waals surface area contributed by atoms with E-state index in [1.165, 1.54) is 0 Å². The second-order valence-corrected chi connectivity index (χ2v) is 6.13. The number of esters is 1. The highest BCUT2D eigenvalue weighted by atomic mass is 16.5. The van der Waals surface area contributed by atoms with Crippen LogP contribution in [0.15, 0.2) is 71.5 Å². The van der Waals surface area contributed by atoms with Gasteiger partial charge in [0.25, 0.3) is 11.5 Å². The molecule has 0 atom stereocenters. The lowest BCUT2D eigenvalue weighted by Crippen LogP contribution is -2.22. The van der Waals surface area contributed by atoms with Crippen LogP contribution in [0.5, 0.6) is 0 Å². The van der Waals surface area contributed by atoms with Gasteiger partial charge in [-0.05, 0) is 29.0 Å². The Hall–Kier alpha value is -4.00. The third-order valence-corrected chi connectivity index (χ3v) is 4.26. The predicted molar refractivity (Wildman–Crippen MR) is 105 cm³/mol. The van der Waals surface area contributed by atoms with Gasteiger partial charge in [0.1, 0.15) is 0 Å². The fourth-order valence-corrected chi connectivity index (χ4v) is 2.93. The molecule has 7 nitrogen and oxygen atoms in total. The molecular weight excluding hydrogens is 358 g/mol. The monoisotopic (exact) mass is 373 g/mol. The number of hydrogen-bond donors (Lipinski definition) is 2. The average Bonchev–Trinajstić information content (AvgIpc) is 2.72. The maximum Gasteiger partial charge on any atom is 0.359 e. The van der Waals surface area contributed by atoms with Crippen LogP contribution < -0.4 is 10.9 Å². The number of nitrogens with zero attached hydrogens (tertiary/aromatic N) is 1. The summed E-state index contributed by atoms with van der Waals surface area (Å²) in [7, 11) is 0. The molecule has 1 heterocycles. The van der Waals surface area contributed by atoms with Crippen molar-refractivity contribution in [2.75, 3.05) is 11.9 Å². The third-order valence-electron chi connectivity index (χ3n) is 4.26. The van der Waals surface area contributed by atoms with Crippen LogP contribution in [0.1, 0.15) is 10.5 Å². The van der Waals surface area contributed by atoms with E-state index >= 15 is 0 Å². The van der Waals surface area contributed by atoms with Crippen LogP contribution in [0.4, 0.5) is 5.69 Å². The van der Waals surface area contributed by atoms with Gasteiger partial charge in [-0.2, -0.15) is 5.10 Å². The lowest BCUT2D eigenvalue weighted by molar-refractivity contribution is -0.119. The summed E-state index contributed by atoms with van der Waals surface area (Å²) in [4.78, 5) is 36.2. The van der Waals surface area contributed by atoms with Gasteiger partial charge in [0.15, 0.2) is 12.3 Å². The molecule has 0 aliphatic carbocycles. The highest BCUT2D eigenvalue weighted by molar-refractivity contribution is 6.03. The van der Waals surface area contributed by atoms with E-state index in [0.29, 0.717) is 16.5 Å². The van der Waals surface area contributed by atoms with Crippen LogP contribution in [0.25, 0.3) is 21.5 Å². The highest BCUT2D eigenvalue weighted by Crippen LogP contribution is 2.19. The molecule has 1 amide bonds. The topological polar surface area (TPSA) is 101 Å². The first-order valence-corrected chi connectivity index (χ1v) is 8.55. The van der Waals surface area contributed by atoms with Crippen LogP contribution in [-0.4, -0.2) is 28.7 Å². The molecule has 0 unspecified atom stereocenters. The number of benzene rings is 3. The maximum absolute atomic E-state index is 12.3. The molecule has 0 aliphatic rings. The van der Waals surface area contributed by atoms with Gasteiger partial charge in [-0.1, -0.05) is 48.5 Å². The van der Waals surface area contributed by atoms with E-state index in [2.05, 4.69) is 15.5 Å². The molecule has 28 heavy (non-hydrogen) atoms. The first kappa shape index (κ1) is 17.4. The molecule has 3 aromatic carbocycles. The number of carbonyl (C=O) groups excluding carboxylic acids is 2. The van der Waals surface area contributed by atoms with Gasteiger partial charge < -0.3 is 10.1 Å². The molecule has 0 fully saturated rings. The zero-order valence-corrected chi connectivity index (χ0v) is 14.6. The van der Waals surface area contributed by atoms with Crippen molar-refractivity contribution in [3.8, 4) is 0 Å². The Bertz CT molecular complexity index is 1260. The van der Waals surface area contributed by atoms with Crippen LogP contribution in [0.2, 0.25) is 0 Å². The van der Waals surface area contributed by atoms with Gasteiger partial charge in [0.2, 0.25) is 0 Å². The quantitative estimate of drug-likeness (QED) is 0.536. The summed E-state index contributed by atoms with van der Waals surface area (Å²) in [6.07, 6.45) is 0. The minimum absolute atomic E-state index is 0.0475. The Kier molecular flexibility index (Phi) is 4.55. The van der Waals surface area contributed by atoms with Crippen molar-refractivity contribution in [3.63, 3.8) is 0 Å². The fraction of sp³-hybridized carbons (Fsp3) is 0.0476. The molecule has 1 aromatic heterocycles. The standard InChI is InChI=1S/C21H15N3O4/c25-18(22-15-10-9-13-5-1-2-6-14(13)11-15)12-28-21(27)19-16-7-3-4-8-17(16)20(26)24-23-19/h1-11H,12H2,(H,22,25)(H,24,26). The van der Waals surface area contributed by atoms with E-state index in [1.54, 1.807) is 30.3 Å². The van der Waals surface area contributed by atoms with Crippen molar-refractivity contribution in [3.05, 3.63) is 82.8 Å². The molecular formula is C21H15N3O4. The van der Waals surface area contributed by atoms with Crippen molar-refractivity contribution >= 4 is 39.1 Å². The largest absolute Gasteiger partial charge is 0.451 e. The van der Waals surface area contributed by atoms with Gasteiger partial charge in [0, 0.05) is 11.1 Å². The summed E-state index contributed by atoms with van der Waals surface area (Å²) in [5.74, 6) is -1.27. The fourth-order valence-electron chi connectivity index (χ4n) is 2.93. The van der Waals surface area contributed by atoms with Crippen molar-refractivity contribution in [1.82, 2.24) is 10.2 Å². The minimum Gasteiger partial charge on any atom is -0.451 e. The Balaban J connectivity index is 1.45. The summed E-state index contributed by atoms with van der Waals surface area (Å²) < 4.78 is 5.06. The summed E-state index contributed by atoms with van der Waals surface area (Å²) >= 11 is 0. The van der Waals surface area contributed by atoms with Crippen LogP contribution in [-0.2, 0) is 9.53 Å². The number of ether oxygens (including phenoxy) is 1. The van der Waals surface area contributed by atoms with Crippen LogP contribution in [0, 0.1) is 0 Å². The maximum atomic E-state index is 12.3. The van der Waals surface area contributed by atoms with Gasteiger partial charge in [-0.3, -0.25) is 9.59 Å². The second-order valence-electron chi connectivity index (χ2n) is 6.13. The average molecular weight is 373 g/mol. The highest BCUT2D eigenvalue weighted by Gasteiger charge is 2.16. The SMILES string of the molecule is O=C(COC(=O)c1n[nH]c(=O)c2ccccc12)Nc1ccc2ccccc2c1. The third kappa shape index (κ3) is 3.45. The molecule has 0 spiro atoms. The summed E-state index contributed by atoms with van der Waals surface area (Å²) in [6.45, 7) is -0.471. The number of fused-ring (bicyclic) bond motifs is 2. The lowest BCUT2D eigenvalue weighted by Gasteiger charge is -2.08. The van der Waals surface area contributed by atoms with E-state index in [1.807, 2.05) is 36.4 Å². The molecule has 2 N–H and O–H groups in total. The smallest absolute Gasteiger partial charge is 0.359 e. The molecule has 0 radical (unpaired) electrons. The second kappa shape index (κ2) is 7.32. The van der Waals surface area contributed by atoms with E-state index in [-0.39, 0.29) is 5.69 Å². The number of carbonyl (C=O) groups is 2. The van der Waals surface area contributed by atoms with Crippen molar-refractivity contribution in [2.45, 2.75) is 0 Å². The number of rotatable bonds is 4. The summed E-state index contributed by atoms with van der Waals surface area (Å²) in [5.41, 5.74) is 0.155. The Morgan fingerprint density at radius 3 is 2.46 bits per heavy atom. The van der Waals surface area contributed by atoms with Gasteiger partial charge in [-0.25, -0.2) is 9.89 Å². The number of hydrogen-bond acceptors (Lipinski definition) is 5. The van der Waals surface area contributed by atoms with E-state index < -0.39 is 24.0 Å². The van der Waals surface area contributed by atoms with E-state index in [4.69, 9.17) is 4.74 Å². The number of anilines is 1. The minimum atomic E-state index is -0.791. The summed E-state index contributed by atoms with van der Waals surface area (Å²) in [6, 6.07) is 19.8. The number of aromatic nitrogens is 2. The lowest BCUT2D eigenvalue weighted by atomic mass is 10.1. The number of amides is 1. The molecule has 4 rings (SSSR count). The van der Waals surface area contributed by atoms with Crippen molar-refractivity contribution in [1.29, 1.82) is 0 Å². The predicted octanol–water partition coefficient (Wildman–Crippen LogP) is 2.87. The molecule has 138 valence electrons. The van der Waals surface area contributed by atoms with Crippen molar-refractivity contribution in [2.24, 2.45) is 0 Å². The zero-order chi connectivity index (χ0) is 19.5. The molecule has 4 aromatic rings. The normalized spacial score (nSPS) is 10.7. The Morgan fingerprint density at radius 1 is 0.929 bits per heavy atom. The number of nitrogens with one attached hydrogen (secondary N) is 2. The molecule has 7 heteroatoms. The molecule has 0 saturated heterocycles. The van der Waals surface area contributed by atoms with Gasteiger partial charge in [-0.15, -0.1) is 0 Å². The molecule has 0 aliphatic heterocycles. The van der Waals surface area contributed by atoms with E-state index in [9.17, 15) is 14.4 Å². The first-order valence-electron chi connectivity index (χ1n) is 8.55.